The van der Waals surface area contributed by atoms with Gasteiger partial charge in [0.25, 0.3) is 0 Å². The molecule has 15 heavy (non-hydrogen) atoms. The zero-order valence-electron chi connectivity index (χ0n) is 8.27. The third-order valence-corrected chi connectivity index (χ3v) is 4.26. The average Bonchev–Trinajstić information content (AvgIpc) is 2.24. The van der Waals surface area contributed by atoms with Gasteiger partial charge in [0.1, 0.15) is 5.03 Å². The number of aliphatic hydroxyl groups is 2. The number of thioether (sulfide) groups is 1. The summed E-state index contributed by atoms with van der Waals surface area (Å²) in [5.74, 6) is 0.408. The first-order valence-corrected chi connectivity index (χ1v) is 6.16. The molecule has 1 heterocycles. The van der Waals surface area contributed by atoms with E-state index in [1.54, 1.807) is 6.20 Å². The van der Waals surface area contributed by atoms with Crippen molar-refractivity contribution in [1.82, 2.24) is 4.98 Å². The van der Waals surface area contributed by atoms with Crippen LogP contribution in [0.15, 0.2) is 15.7 Å². The number of hydrogen-bond donors (Lipinski definition) is 3. The summed E-state index contributed by atoms with van der Waals surface area (Å²) in [6.07, 6.45) is 0.870. The Kier molecular flexibility index (Phi) is 4.85. The predicted molar refractivity (Wildman–Crippen MR) is 64.9 cm³/mol. The standard InChI is InChI=1S/C9H13BrN2O2S/c1-5-7(11)2-12-9(8(5)10)15-4-6(14)3-13/h2,6,13-14H,3-4,11H2,1H3. The average molecular weight is 293 g/mol. The lowest BCUT2D eigenvalue weighted by molar-refractivity contribution is 0.113. The fourth-order valence-electron chi connectivity index (χ4n) is 0.897. The molecule has 0 aliphatic rings. The molecule has 0 fully saturated rings. The van der Waals surface area contributed by atoms with E-state index in [0.717, 1.165) is 15.1 Å². The lowest BCUT2D eigenvalue weighted by Gasteiger charge is -2.09. The van der Waals surface area contributed by atoms with Crippen molar-refractivity contribution in [3.8, 4) is 0 Å². The predicted octanol–water partition coefficient (Wildman–Crippen LogP) is 1.18. The van der Waals surface area contributed by atoms with Gasteiger partial charge in [0.05, 0.1) is 29.1 Å². The molecule has 0 aliphatic carbocycles. The summed E-state index contributed by atoms with van der Waals surface area (Å²) in [7, 11) is 0. The van der Waals surface area contributed by atoms with E-state index in [1.807, 2.05) is 6.92 Å². The lowest BCUT2D eigenvalue weighted by Crippen LogP contribution is -2.14. The Labute approximate surface area is 101 Å². The van der Waals surface area contributed by atoms with Gasteiger partial charge in [0.2, 0.25) is 0 Å². The zero-order valence-corrected chi connectivity index (χ0v) is 10.7. The number of aromatic nitrogens is 1. The van der Waals surface area contributed by atoms with E-state index in [2.05, 4.69) is 20.9 Å². The molecule has 1 aromatic heterocycles. The molecule has 1 unspecified atom stereocenters. The van der Waals surface area contributed by atoms with Crippen molar-refractivity contribution in [3.05, 3.63) is 16.2 Å². The van der Waals surface area contributed by atoms with Crippen molar-refractivity contribution in [3.63, 3.8) is 0 Å². The van der Waals surface area contributed by atoms with E-state index in [-0.39, 0.29) is 6.61 Å². The minimum atomic E-state index is -0.721. The number of nitrogens with two attached hydrogens (primary N) is 1. The maximum atomic E-state index is 9.20. The summed E-state index contributed by atoms with van der Waals surface area (Å²) in [5, 5.41) is 18.6. The van der Waals surface area contributed by atoms with E-state index in [1.165, 1.54) is 11.8 Å². The molecule has 1 atom stereocenters. The van der Waals surface area contributed by atoms with Crippen LogP contribution in [0.1, 0.15) is 5.56 Å². The highest BCUT2D eigenvalue weighted by atomic mass is 79.9. The first-order valence-electron chi connectivity index (χ1n) is 4.38. The number of rotatable bonds is 4. The minimum absolute atomic E-state index is 0.238. The van der Waals surface area contributed by atoms with Gasteiger partial charge >= 0.3 is 0 Å². The smallest absolute Gasteiger partial charge is 0.111 e. The van der Waals surface area contributed by atoms with Gasteiger partial charge in [-0.1, -0.05) is 0 Å². The van der Waals surface area contributed by atoms with E-state index >= 15 is 0 Å². The van der Waals surface area contributed by atoms with Crippen molar-refractivity contribution in [2.75, 3.05) is 18.1 Å². The molecule has 1 rings (SSSR count). The van der Waals surface area contributed by atoms with Crippen LogP contribution >= 0.6 is 27.7 Å². The Bertz CT molecular complexity index is 349. The number of nitrogen functional groups attached to an aromatic ring is 1. The Hall–Kier alpha value is -0.300. The summed E-state index contributed by atoms with van der Waals surface area (Å²) >= 11 is 4.77. The largest absolute Gasteiger partial charge is 0.397 e. The summed E-state index contributed by atoms with van der Waals surface area (Å²) in [6.45, 7) is 1.66. The van der Waals surface area contributed by atoms with Crippen molar-refractivity contribution in [2.24, 2.45) is 0 Å². The topological polar surface area (TPSA) is 79.4 Å². The molecule has 0 radical (unpaired) electrons. The number of nitrogens with zero attached hydrogens (tertiary/aromatic N) is 1. The lowest BCUT2D eigenvalue weighted by atomic mass is 10.3. The summed E-state index contributed by atoms with van der Waals surface area (Å²) < 4.78 is 0.845. The van der Waals surface area contributed by atoms with Crippen molar-refractivity contribution in [2.45, 2.75) is 18.1 Å². The number of aliphatic hydroxyl groups excluding tert-OH is 2. The van der Waals surface area contributed by atoms with E-state index in [0.29, 0.717) is 11.4 Å². The van der Waals surface area contributed by atoms with Crippen LogP contribution in [0.3, 0.4) is 0 Å². The molecule has 0 spiro atoms. The van der Waals surface area contributed by atoms with Crippen molar-refractivity contribution in [1.29, 1.82) is 0 Å². The highest BCUT2D eigenvalue weighted by Crippen LogP contribution is 2.31. The van der Waals surface area contributed by atoms with E-state index in [9.17, 15) is 5.11 Å². The molecule has 4 N–H and O–H groups in total. The van der Waals surface area contributed by atoms with Crippen LogP contribution in [0.4, 0.5) is 5.69 Å². The third kappa shape index (κ3) is 3.34. The second-order valence-corrected chi connectivity index (χ2v) is 4.91. The Morgan fingerprint density at radius 2 is 2.33 bits per heavy atom. The maximum Gasteiger partial charge on any atom is 0.111 e. The van der Waals surface area contributed by atoms with Crippen molar-refractivity contribution < 1.29 is 10.2 Å². The van der Waals surface area contributed by atoms with Crippen LogP contribution in [0.5, 0.6) is 0 Å². The van der Waals surface area contributed by atoms with Gasteiger partial charge in [-0.15, -0.1) is 11.8 Å². The van der Waals surface area contributed by atoms with Crippen LogP contribution in [0.25, 0.3) is 0 Å². The molecule has 0 saturated heterocycles. The fourth-order valence-corrected chi connectivity index (χ4v) is 2.43. The number of anilines is 1. The molecule has 0 saturated carbocycles. The highest BCUT2D eigenvalue weighted by Gasteiger charge is 2.10. The summed E-state index contributed by atoms with van der Waals surface area (Å²) in [6, 6.07) is 0. The van der Waals surface area contributed by atoms with Crippen LogP contribution < -0.4 is 5.73 Å². The molecule has 1 aromatic rings. The monoisotopic (exact) mass is 292 g/mol. The maximum absolute atomic E-state index is 9.20. The van der Waals surface area contributed by atoms with E-state index in [4.69, 9.17) is 10.8 Å². The first-order chi connectivity index (χ1) is 7.06. The molecule has 6 heteroatoms. The number of hydrogen-bond acceptors (Lipinski definition) is 5. The fraction of sp³-hybridized carbons (Fsp3) is 0.444. The van der Waals surface area contributed by atoms with E-state index < -0.39 is 6.10 Å². The molecule has 0 bridgehead atoms. The second-order valence-electron chi connectivity index (χ2n) is 3.11. The van der Waals surface area contributed by atoms with Gasteiger partial charge in [-0.2, -0.15) is 0 Å². The van der Waals surface area contributed by atoms with Gasteiger partial charge in [-0.25, -0.2) is 4.98 Å². The zero-order chi connectivity index (χ0) is 11.4. The highest BCUT2D eigenvalue weighted by molar-refractivity contribution is 9.10. The Balaban J connectivity index is 2.74. The number of halogens is 1. The van der Waals surface area contributed by atoms with Gasteiger partial charge in [0.15, 0.2) is 0 Å². The normalized spacial score (nSPS) is 12.8. The molecule has 0 aromatic carbocycles. The van der Waals surface area contributed by atoms with Crippen LogP contribution in [0, 0.1) is 6.92 Å². The van der Waals surface area contributed by atoms with Gasteiger partial charge in [-0.3, -0.25) is 0 Å². The molecule has 4 nitrogen and oxygen atoms in total. The SMILES string of the molecule is Cc1c(N)cnc(SCC(O)CO)c1Br. The quantitative estimate of drug-likeness (QED) is 0.726. The van der Waals surface area contributed by atoms with Crippen LogP contribution in [-0.4, -0.2) is 33.7 Å². The first kappa shape index (κ1) is 12.8. The molecule has 0 amide bonds. The summed E-state index contributed by atoms with van der Waals surface area (Å²) in [5.41, 5.74) is 7.25. The van der Waals surface area contributed by atoms with Crippen LogP contribution in [0.2, 0.25) is 0 Å². The number of pyridine rings is 1. The molecule has 84 valence electrons. The molecular formula is C9H13BrN2O2S. The third-order valence-electron chi connectivity index (χ3n) is 1.89. The van der Waals surface area contributed by atoms with Crippen molar-refractivity contribution >= 4 is 33.4 Å². The van der Waals surface area contributed by atoms with Gasteiger partial charge < -0.3 is 15.9 Å². The van der Waals surface area contributed by atoms with Crippen LogP contribution in [-0.2, 0) is 0 Å². The minimum Gasteiger partial charge on any atom is -0.397 e. The second kappa shape index (κ2) is 5.69. The van der Waals surface area contributed by atoms with Gasteiger partial charge in [-0.05, 0) is 28.4 Å². The Morgan fingerprint density at radius 1 is 1.67 bits per heavy atom. The summed E-state index contributed by atoms with van der Waals surface area (Å²) in [4.78, 5) is 4.14. The molecular weight excluding hydrogens is 280 g/mol. The molecule has 0 aliphatic heterocycles. The Morgan fingerprint density at radius 3 is 2.93 bits per heavy atom. The van der Waals surface area contributed by atoms with Gasteiger partial charge in [0, 0.05) is 5.75 Å².